The Balaban J connectivity index is 0. The van der Waals surface area contributed by atoms with Crippen LogP contribution in [0, 0.1) is 68.6 Å². The summed E-state index contributed by atoms with van der Waals surface area (Å²) in [6, 6.07) is 11.6. The van der Waals surface area contributed by atoms with E-state index in [1.54, 1.807) is 0 Å². The summed E-state index contributed by atoms with van der Waals surface area (Å²) in [5.74, 6) is 0.836. The number of halogens is 7. The zero-order chi connectivity index (χ0) is 32.7. The van der Waals surface area contributed by atoms with Crippen LogP contribution in [0.1, 0.15) is 47.7 Å². The summed E-state index contributed by atoms with van der Waals surface area (Å²) in [5, 5.41) is 0. The van der Waals surface area contributed by atoms with E-state index in [2.05, 4.69) is 94.7 Å². The van der Waals surface area contributed by atoms with Gasteiger partial charge in [0.2, 0.25) is 6.33 Å². The van der Waals surface area contributed by atoms with E-state index in [9.17, 15) is 25.2 Å². The SMILES string of the molecule is Cc1cc(-c2c(-c3cc(C)sc3C)[n+](C)[c-]n2-c2nc(C)c(C)o2)c(C)s1.Cc1cc(C)cc(C)c1.F[P-](F)(F)(F)(F)F.O.O.[Cl-].[Ru+2]. The summed E-state index contributed by atoms with van der Waals surface area (Å²) in [7, 11) is -8.62. The van der Waals surface area contributed by atoms with Gasteiger partial charge in [-0.1, -0.05) is 34.9 Å². The van der Waals surface area contributed by atoms with Crippen molar-refractivity contribution < 1.29 is 77.0 Å². The molecule has 0 spiro atoms. The van der Waals surface area contributed by atoms with Crippen LogP contribution in [-0.2, 0) is 26.5 Å². The zero-order valence-electron chi connectivity index (χ0n) is 27.4. The molecule has 0 unspecified atom stereocenters. The Morgan fingerprint density at radius 2 is 1.11 bits per heavy atom. The number of nitrogens with zero attached hydrogens (tertiary/aromatic N) is 3. The van der Waals surface area contributed by atoms with Crippen LogP contribution in [0.25, 0.3) is 28.5 Å². The summed E-state index contributed by atoms with van der Waals surface area (Å²) >= 11 is 3.64. The van der Waals surface area contributed by atoms with Crippen molar-refractivity contribution in [3.63, 3.8) is 0 Å². The Bertz CT molecular complexity index is 1720. The van der Waals surface area contributed by atoms with Crippen molar-refractivity contribution in [1.29, 1.82) is 0 Å². The molecular weight excluding hydrogens is 796 g/mol. The maximum atomic E-state index is 9.87. The Morgan fingerprint density at radius 1 is 0.723 bits per heavy atom. The molecule has 5 rings (SSSR count). The Labute approximate surface area is 297 Å². The Kier molecular flexibility index (Phi) is 16.1. The van der Waals surface area contributed by atoms with E-state index in [-0.39, 0.29) is 42.8 Å². The zero-order valence-corrected chi connectivity index (χ0v) is 32.4. The smallest absolute Gasteiger partial charge is 1.00 e. The van der Waals surface area contributed by atoms with Crippen LogP contribution in [0.15, 0.2) is 34.7 Å². The van der Waals surface area contributed by atoms with Gasteiger partial charge in [-0.25, -0.2) is 4.98 Å². The first kappa shape index (κ1) is 47.0. The summed E-state index contributed by atoms with van der Waals surface area (Å²) < 4.78 is 69.2. The van der Waals surface area contributed by atoms with Gasteiger partial charge in [0, 0.05) is 19.5 Å². The first-order valence-corrected chi connectivity index (χ1v) is 16.8. The van der Waals surface area contributed by atoms with E-state index < -0.39 is 7.81 Å². The van der Waals surface area contributed by atoms with Crippen LogP contribution in [0.3, 0.4) is 0 Å². The molecule has 0 amide bonds. The second kappa shape index (κ2) is 16.1. The molecule has 0 bridgehead atoms. The molecule has 4 N–H and O–H groups in total. The number of rotatable bonds is 3. The molecule has 4 heterocycles. The average molecular weight is 835 g/mol. The number of thiophene rings is 2. The van der Waals surface area contributed by atoms with Crippen molar-refractivity contribution >= 4 is 30.5 Å². The van der Waals surface area contributed by atoms with Gasteiger partial charge < -0.3 is 32.3 Å². The second-order valence-electron chi connectivity index (χ2n) is 10.6. The van der Waals surface area contributed by atoms with Crippen molar-refractivity contribution in [1.82, 2.24) is 9.55 Å². The third-order valence-corrected chi connectivity index (χ3v) is 8.13. The predicted molar refractivity (Wildman–Crippen MR) is 172 cm³/mol. The minimum Gasteiger partial charge on any atom is -1.00 e. The van der Waals surface area contributed by atoms with Crippen LogP contribution < -0.4 is 17.0 Å². The van der Waals surface area contributed by atoms with Crippen molar-refractivity contribution in [3.8, 4) is 28.5 Å². The number of imidazole rings is 1. The largest absolute Gasteiger partial charge is 2.00 e. The first-order chi connectivity index (χ1) is 19.4. The van der Waals surface area contributed by atoms with E-state index in [1.807, 2.05) is 48.1 Å². The van der Waals surface area contributed by atoms with Gasteiger partial charge in [-0.15, -0.1) is 22.7 Å². The third-order valence-electron chi connectivity index (χ3n) is 6.20. The molecule has 5 aromatic rings. The van der Waals surface area contributed by atoms with Gasteiger partial charge in [0.25, 0.3) is 0 Å². The fourth-order valence-corrected chi connectivity index (χ4v) is 6.55. The van der Waals surface area contributed by atoms with Crippen molar-refractivity contribution in [2.75, 3.05) is 0 Å². The molecule has 1 aromatic carbocycles. The molecular formula is C30H39ClF6N3O3PRuS2. The van der Waals surface area contributed by atoms with Crippen molar-refractivity contribution in [2.45, 2.75) is 62.3 Å². The molecule has 0 radical (unpaired) electrons. The van der Waals surface area contributed by atoms with Crippen LogP contribution in [-0.4, -0.2) is 20.5 Å². The molecule has 0 saturated carbocycles. The van der Waals surface area contributed by atoms with Crippen LogP contribution in [0.2, 0.25) is 0 Å². The van der Waals surface area contributed by atoms with Gasteiger partial charge in [-0.05, 0) is 85.6 Å². The minimum absolute atomic E-state index is 0. The van der Waals surface area contributed by atoms with Gasteiger partial charge in [-0.3, -0.25) is 4.57 Å². The number of oxazole rings is 1. The van der Waals surface area contributed by atoms with Gasteiger partial charge >= 0.3 is 58.5 Å². The number of hydrogen-bond donors (Lipinski definition) is 0. The van der Waals surface area contributed by atoms with Crippen molar-refractivity contribution in [2.24, 2.45) is 7.05 Å². The quantitative estimate of drug-likeness (QED) is 0.0662. The maximum Gasteiger partial charge on any atom is 2.00 e. The molecule has 0 aliphatic carbocycles. The average Bonchev–Trinajstić information content (AvgIpc) is 3.50. The van der Waals surface area contributed by atoms with E-state index >= 15 is 0 Å². The Morgan fingerprint density at radius 3 is 1.43 bits per heavy atom. The predicted octanol–water partition coefficient (Wildman–Crippen LogP) is 6.74. The molecule has 17 heteroatoms. The molecule has 6 nitrogen and oxygen atoms in total. The summed E-state index contributed by atoms with van der Waals surface area (Å²) in [6.07, 6.45) is 3.43. The third kappa shape index (κ3) is 14.1. The molecule has 0 aliphatic rings. The first-order valence-electron chi connectivity index (χ1n) is 13.1. The topological polar surface area (TPSA) is 97.8 Å². The fourth-order valence-electron chi connectivity index (χ4n) is 4.70. The van der Waals surface area contributed by atoms with Crippen LogP contribution >= 0.6 is 30.5 Å². The molecule has 0 saturated heterocycles. The standard InChI is InChI=1S/C21H23N3OS2.C9H12.ClH.F6P.2H2O.Ru/c1-11-8-17(15(5)26-11)19-20(18-9-12(2)27-16(18)6)24(10-23(19)7)21-22-13(3)14(4)25-21;1-7-4-8(2)6-9(3)5-7;;1-7(2,3,4,5)6;;;/h8-9H,1-7H3;4-6H,1-3H3;1H;;2*1H2;/q;;;-1;;;+2/p-1. The Hall–Kier alpha value is -2.12. The summed E-state index contributed by atoms with van der Waals surface area (Å²) in [5.41, 5.74) is 9.65. The van der Waals surface area contributed by atoms with E-state index in [0.717, 1.165) is 22.8 Å². The van der Waals surface area contributed by atoms with Gasteiger partial charge in [-0.2, -0.15) is 0 Å². The monoisotopic (exact) mass is 835 g/mol. The van der Waals surface area contributed by atoms with Gasteiger partial charge in [0.15, 0.2) is 0 Å². The number of benzene rings is 1. The van der Waals surface area contributed by atoms with E-state index in [4.69, 9.17) is 4.42 Å². The molecule has 0 atom stereocenters. The van der Waals surface area contributed by atoms with Gasteiger partial charge in [0.05, 0.1) is 24.1 Å². The molecule has 0 fully saturated rings. The molecule has 4 aromatic heterocycles. The second-order valence-corrected chi connectivity index (χ2v) is 15.4. The number of hydrogen-bond acceptors (Lipinski definition) is 4. The fraction of sp³-hybridized carbons (Fsp3) is 0.333. The summed E-state index contributed by atoms with van der Waals surface area (Å²) in [4.78, 5) is 9.83. The van der Waals surface area contributed by atoms with E-state index in [1.165, 1.54) is 47.3 Å². The van der Waals surface area contributed by atoms with E-state index in [0.29, 0.717) is 6.01 Å². The van der Waals surface area contributed by atoms with Crippen LogP contribution in [0.5, 0.6) is 0 Å². The number of aryl methyl sites for hydroxylation is 10. The van der Waals surface area contributed by atoms with Crippen LogP contribution in [0.4, 0.5) is 25.2 Å². The molecule has 266 valence electrons. The number of aromatic nitrogens is 3. The van der Waals surface area contributed by atoms with Crippen molar-refractivity contribution in [3.05, 3.63) is 84.3 Å². The minimum atomic E-state index is -10.7. The normalized spacial score (nSPS) is 11.9. The van der Waals surface area contributed by atoms with Gasteiger partial charge in [0.1, 0.15) is 5.76 Å². The summed E-state index contributed by atoms with van der Waals surface area (Å²) in [6.45, 7) is 19.0. The molecule has 0 aliphatic heterocycles. The molecule has 47 heavy (non-hydrogen) atoms. The maximum absolute atomic E-state index is 10.7.